The van der Waals surface area contributed by atoms with Gasteiger partial charge in [-0.05, 0) is 38.5 Å². The number of aliphatic carboxylic acids is 1. The van der Waals surface area contributed by atoms with Crippen LogP contribution in [-0.4, -0.2) is 59.6 Å². The topological polar surface area (TPSA) is 95.9 Å². The quantitative estimate of drug-likeness (QED) is 0.721. The molecule has 2 amide bonds. The minimum atomic E-state index is -1.000. The molecule has 25 heavy (non-hydrogen) atoms. The molecule has 2 atom stereocenters. The predicted molar refractivity (Wildman–Crippen MR) is 91.9 cm³/mol. The summed E-state index contributed by atoms with van der Waals surface area (Å²) in [6.45, 7) is 4.42. The molecule has 0 radical (unpaired) electrons. The molecule has 7 heteroatoms. The average Bonchev–Trinajstić information content (AvgIpc) is 2.89. The van der Waals surface area contributed by atoms with E-state index >= 15 is 0 Å². The third-order valence-electron chi connectivity index (χ3n) is 5.38. The standard InChI is InChI=1S/C18H30N2O5/c1-12-4-6-14(7-5-12)20-10-13(8-15(20)21)17(24)19-18(2,11-25-3)9-16(22)23/h12-14H,4-11H2,1-3H3,(H,19,24)(H,22,23). The lowest BCUT2D eigenvalue weighted by Crippen LogP contribution is -2.53. The predicted octanol–water partition coefficient (Wildman–Crippen LogP) is 1.41. The number of carboxylic acids is 1. The highest BCUT2D eigenvalue weighted by molar-refractivity contribution is 5.90. The van der Waals surface area contributed by atoms with Gasteiger partial charge in [0, 0.05) is 26.1 Å². The first-order valence-corrected chi connectivity index (χ1v) is 9.06. The summed E-state index contributed by atoms with van der Waals surface area (Å²) in [6.07, 6.45) is 4.22. The van der Waals surface area contributed by atoms with Crippen LogP contribution in [0, 0.1) is 11.8 Å². The maximum absolute atomic E-state index is 12.6. The Morgan fingerprint density at radius 1 is 1.32 bits per heavy atom. The van der Waals surface area contributed by atoms with Crippen molar-refractivity contribution < 1.29 is 24.2 Å². The van der Waals surface area contributed by atoms with Gasteiger partial charge in [0.25, 0.3) is 0 Å². The highest BCUT2D eigenvalue weighted by Crippen LogP contribution is 2.31. The van der Waals surface area contributed by atoms with Crippen molar-refractivity contribution >= 4 is 17.8 Å². The van der Waals surface area contributed by atoms with E-state index in [2.05, 4.69) is 12.2 Å². The molecule has 2 aliphatic rings. The van der Waals surface area contributed by atoms with Crippen molar-refractivity contribution in [3.05, 3.63) is 0 Å². The summed E-state index contributed by atoms with van der Waals surface area (Å²) >= 11 is 0. The first-order valence-electron chi connectivity index (χ1n) is 9.06. The van der Waals surface area contributed by atoms with Gasteiger partial charge in [0.2, 0.25) is 11.8 Å². The molecule has 0 aromatic carbocycles. The molecular formula is C18H30N2O5. The fourth-order valence-electron chi connectivity index (χ4n) is 4.00. The van der Waals surface area contributed by atoms with E-state index in [4.69, 9.17) is 9.84 Å². The highest BCUT2D eigenvalue weighted by atomic mass is 16.5. The van der Waals surface area contributed by atoms with Crippen LogP contribution in [0.3, 0.4) is 0 Å². The van der Waals surface area contributed by atoms with Gasteiger partial charge < -0.3 is 20.1 Å². The lowest BCUT2D eigenvalue weighted by Gasteiger charge is -2.34. The number of ether oxygens (including phenoxy) is 1. The third kappa shape index (κ3) is 5.17. The van der Waals surface area contributed by atoms with Crippen LogP contribution in [0.5, 0.6) is 0 Å². The number of carbonyl (C=O) groups is 3. The molecule has 142 valence electrons. The lowest BCUT2D eigenvalue weighted by atomic mass is 9.86. The minimum Gasteiger partial charge on any atom is -0.481 e. The van der Waals surface area contributed by atoms with Crippen molar-refractivity contribution in [2.45, 2.75) is 64.0 Å². The molecule has 2 N–H and O–H groups in total. The van der Waals surface area contributed by atoms with Gasteiger partial charge in [-0.1, -0.05) is 6.92 Å². The van der Waals surface area contributed by atoms with Gasteiger partial charge in [0.15, 0.2) is 0 Å². The summed E-state index contributed by atoms with van der Waals surface area (Å²) in [4.78, 5) is 37.9. The van der Waals surface area contributed by atoms with Gasteiger partial charge in [-0.3, -0.25) is 14.4 Å². The van der Waals surface area contributed by atoms with Crippen LogP contribution >= 0.6 is 0 Å². The van der Waals surface area contributed by atoms with Crippen molar-refractivity contribution in [2.24, 2.45) is 11.8 Å². The van der Waals surface area contributed by atoms with E-state index in [0.29, 0.717) is 12.5 Å². The Hall–Kier alpha value is -1.63. The zero-order chi connectivity index (χ0) is 18.6. The molecular weight excluding hydrogens is 324 g/mol. The number of nitrogens with zero attached hydrogens (tertiary/aromatic N) is 1. The van der Waals surface area contributed by atoms with Gasteiger partial charge in [-0.25, -0.2) is 0 Å². The molecule has 2 fully saturated rings. The SMILES string of the molecule is COCC(C)(CC(=O)O)NC(=O)C1CC(=O)N(C2CCC(C)CC2)C1. The first-order chi connectivity index (χ1) is 11.7. The molecule has 0 bridgehead atoms. The van der Waals surface area contributed by atoms with Crippen molar-refractivity contribution in [2.75, 3.05) is 20.3 Å². The molecule has 0 aromatic rings. The van der Waals surface area contributed by atoms with Crippen LogP contribution < -0.4 is 5.32 Å². The summed E-state index contributed by atoms with van der Waals surface area (Å²) in [5, 5.41) is 11.9. The number of hydrogen-bond acceptors (Lipinski definition) is 4. The van der Waals surface area contributed by atoms with E-state index in [1.807, 2.05) is 4.90 Å². The Balaban J connectivity index is 1.96. The van der Waals surface area contributed by atoms with E-state index in [1.54, 1.807) is 6.92 Å². The maximum atomic E-state index is 12.6. The number of carbonyl (C=O) groups excluding carboxylic acids is 2. The Morgan fingerprint density at radius 2 is 1.96 bits per heavy atom. The van der Waals surface area contributed by atoms with Crippen molar-refractivity contribution in [3.63, 3.8) is 0 Å². The minimum absolute atomic E-state index is 0.0337. The summed E-state index contributed by atoms with van der Waals surface area (Å²) in [5.41, 5.74) is -0.978. The van der Waals surface area contributed by atoms with E-state index in [9.17, 15) is 14.4 Å². The molecule has 2 rings (SSSR count). The number of likely N-dealkylation sites (tertiary alicyclic amines) is 1. The van der Waals surface area contributed by atoms with E-state index in [1.165, 1.54) is 7.11 Å². The largest absolute Gasteiger partial charge is 0.481 e. The Morgan fingerprint density at radius 3 is 2.52 bits per heavy atom. The monoisotopic (exact) mass is 354 g/mol. The zero-order valence-electron chi connectivity index (χ0n) is 15.4. The lowest BCUT2D eigenvalue weighted by molar-refractivity contribution is -0.140. The second-order valence-electron chi connectivity index (χ2n) is 7.91. The Kier molecular flexibility index (Phi) is 6.43. The molecule has 7 nitrogen and oxygen atoms in total. The summed E-state index contributed by atoms with van der Waals surface area (Å²) in [7, 11) is 1.47. The van der Waals surface area contributed by atoms with E-state index < -0.39 is 17.4 Å². The van der Waals surface area contributed by atoms with Crippen molar-refractivity contribution in [1.82, 2.24) is 10.2 Å². The molecule has 1 saturated carbocycles. The number of rotatable bonds is 7. The van der Waals surface area contributed by atoms with Gasteiger partial charge in [-0.2, -0.15) is 0 Å². The number of nitrogens with one attached hydrogen (secondary N) is 1. The highest BCUT2D eigenvalue weighted by Gasteiger charge is 2.40. The van der Waals surface area contributed by atoms with Gasteiger partial charge in [0.1, 0.15) is 0 Å². The summed E-state index contributed by atoms with van der Waals surface area (Å²) in [6, 6.07) is 0.242. The fraction of sp³-hybridized carbons (Fsp3) is 0.833. The van der Waals surface area contributed by atoms with Crippen LogP contribution in [0.25, 0.3) is 0 Å². The van der Waals surface area contributed by atoms with Crippen molar-refractivity contribution in [3.8, 4) is 0 Å². The molecule has 0 spiro atoms. The zero-order valence-corrected chi connectivity index (χ0v) is 15.4. The normalized spacial score (nSPS) is 29.3. The molecule has 0 aromatic heterocycles. The molecule has 1 aliphatic heterocycles. The van der Waals surface area contributed by atoms with Crippen LogP contribution in [0.2, 0.25) is 0 Å². The second-order valence-corrected chi connectivity index (χ2v) is 7.91. The van der Waals surface area contributed by atoms with Gasteiger partial charge in [0.05, 0.1) is 24.5 Å². The number of amides is 2. The van der Waals surface area contributed by atoms with Gasteiger partial charge in [-0.15, -0.1) is 0 Å². The second kappa shape index (κ2) is 8.17. The third-order valence-corrected chi connectivity index (χ3v) is 5.38. The number of methoxy groups -OCH3 is 1. The number of carboxylic acid groups (broad SMARTS) is 1. The van der Waals surface area contributed by atoms with Crippen LogP contribution in [0.4, 0.5) is 0 Å². The maximum Gasteiger partial charge on any atom is 0.305 e. The average molecular weight is 354 g/mol. The molecule has 1 saturated heterocycles. The van der Waals surface area contributed by atoms with Crippen LogP contribution in [0.15, 0.2) is 0 Å². The Labute approximate surface area is 149 Å². The van der Waals surface area contributed by atoms with Crippen LogP contribution in [-0.2, 0) is 19.1 Å². The first kappa shape index (κ1) is 19.7. The molecule has 2 unspecified atom stereocenters. The molecule has 1 heterocycles. The van der Waals surface area contributed by atoms with Crippen molar-refractivity contribution in [1.29, 1.82) is 0 Å². The van der Waals surface area contributed by atoms with E-state index in [0.717, 1.165) is 25.7 Å². The van der Waals surface area contributed by atoms with Gasteiger partial charge >= 0.3 is 5.97 Å². The smallest absolute Gasteiger partial charge is 0.305 e. The number of hydrogen-bond donors (Lipinski definition) is 2. The van der Waals surface area contributed by atoms with Crippen LogP contribution in [0.1, 0.15) is 52.4 Å². The van der Waals surface area contributed by atoms with E-state index in [-0.39, 0.29) is 37.3 Å². The fourth-order valence-corrected chi connectivity index (χ4v) is 4.00. The molecule has 1 aliphatic carbocycles. The summed E-state index contributed by atoms with van der Waals surface area (Å²) < 4.78 is 5.06. The Bertz CT molecular complexity index is 516. The summed E-state index contributed by atoms with van der Waals surface area (Å²) in [5.74, 6) is -0.942.